The topological polar surface area (TPSA) is 51.0 Å². The minimum Gasteiger partial charge on any atom is -0.407 e. The first-order chi connectivity index (χ1) is 8.31. The molecule has 2 rings (SSSR count). The number of aryl methyl sites for hydroxylation is 1. The van der Waals surface area contributed by atoms with Crippen molar-refractivity contribution >= 4 is 23.3 Å². The van der Waals surface area contributed by atoms with Gasteiger partial charge in [0.25, 0.3) is 0 Å². The first-order valence-corrected chi connectivity index (χ1v) is 6.09. The first kappa shape index (κ1) is 11.9. The number of aromatic nitrogens is 2. The predicted octanol–water partition coefficient (Wildman–Crippen LogP) is 3.50. The van der Waals surface area contributed by atoms with Crippen LogP contribution in [0.1, 0.15) is 24.8 Å². The number of halogens is 1. The van der Waals surface area contributed by atoms with Crippen LogP contribution < -0.4 is 5.32 Å². The molecule has 1 aromatic heterocycles. The number of anilines is 2. The summed E-state index contributed by atoms with van der Waals surface area (Å²) < 4.78 is 5.25. The van der Waals surface area contributed by atoms with E-state index in [1.54, 1.807) is 0 Å². The Bertz CT molecular complexity index is 467. The van der Waals surface area contributed by atoms with Gasteiger partial charge in [-0.05, 0) is 24.1 Å². The Balaban J connectivity index is 2.03. The van der Waals surface area contributed by atoms with Crippen molar-refractivity contribution in [2.45, 2.75) is 25.6 Å². The smallest absolute Gasteiger partial charge is 0.320 e. The second-order valence-corrected chi connectivity index (χ2v) is 3.97. The van der Waals surface area contributed by atoms with Crippen LogP contribution in [0.4, 0.5) is 11.7 Å². The van der Waals surface area contributed by atoms with Crippen LogP contribution in [0.3, 0.4) is 0 Å². The summed E-state index contributed by atoms with van der Waals surface area (Å²) in [7, 11) is 0. The van der Waals surface area contributed by atoms with E-state index in [1.165, 1.54) is 5.56 Å². The van der Waals surface area contributed by atoms with Crippen LogP contribution in [0.2, 0.25) is 0 Å². The average molecular weight is 252 g/mol. The van der Waals surface area contributed by atoms with Gasteiger partial charge < -0.3 is 9.73 Å². The second kappa shape index (κ2) is 5.68. The van der Waals surface area contributed by atoms with Crippen LogP contribution >= 0.6 is 11.6 Å². The van der Waals surface area contributed by atoms with E-state index < -0.39 is 0 Å². The van der Waals surface area contributed by atoms with Gasteiger partial charge in [-0.1, -0.05) is 30.6 Å². The molecule has 0 aliphatic carbocycles. The summed E-state index contributed by atoms with van der Waals surface area (Å²) in [4.78, 5) is 0. The summed E-state index contributed by atoms with van der Waals surface area (Å²) in [6, 6.07) is 8.53. The number of benzene rings is 1. The van der Waals surface area contributed by atoms with Crippen molar-refractivity contribution in [3.05, 3.63) is 35.7 Å². The highest BCUT2D eigenvalue weighted by molar-refractivity contribution is 6.16. The Morgan fingerprint density at radius 3 is 2.59 bits per heavy atom. The van der Waals surface area contributed by atoms with Gasteiger partial charge in [0.05, 0.1) is 0 Å². The molecule has 1 heterocycles. The molecule has 0 bridgehead atoms. The highest BCUT2D eigenvalue weighted by atomic mass is 35.5. The molecule has 1 N–H and O–H groups in total. The zero-order chi connectivity index (χ0) is 12.1. The van der Waals surface area contributed by atoms with Crippen LogP contribution in [0, 0.1) is 0 Å². The molecule has 5 heteroatoms. The van der Waals surface area contributed by atoms with Crippen LogP contribution in [-0.4, -0.2) is 10.2 Å². The Labute approximate surface area is 105 Å². The lowest BCUT2D eigenvalue weighted by molar-refractivity contribution is 0.530. The Hall–Kier alpha value is -1.55. The molecule has 0 saturated heterocycles. The van der Waals surface area contributed by atoms with E-state index in [0.717, 1.165) is 18.5 Å². The summed E-state index contributed by atoms with van der Waals surface area (Å²) in [5, 5.41) is 10.6. The lowest BCUT2D eigenvalue weighted by Gasteiger charge is -2.02. The van der Waals surface area contributed by atoms with Gasteiger partial charge in [0.1, 0.15) is 5.88 Å². The molecule has 2 aromatic rings. The monoisotopic (exact) mass is 251 g/mol. The van der Waals surface area contributed by atoms with E-state index in [1.807, 2.05) is 12.1 Å². The number of nitrogens with zero attached hydrogens (tertiary/aromatic N) is 2. The lowest BCUT2D eigenvalue weighted by Crippen LogP contribution is -1.91. The minimum absolute atomic E-state index is 0.226. The Morgan fingerprint density at radius 1 is 1.24 bits per heavy atom. The molecule has 0 atom stereocenters. The van der Waals surface area contributed by atoms with E-state index in [4.69, 9.17) is 16.0 Å². The standard InChI is InChI=1S/C12H14ClN3O/c1-2-3-9-4-6-10(7-5-9)14-12-16-15-11(8-13)17-12/h4-7H,2-3,8H2,1H3,(H,14,16). The molecule has 0 aliphatic rings. The molecular formula is C12H14ClN3O. The fourth-order valence-corrected chi connectivity index (χ4v) is 1.63. The third-order valence-electron chi connectivity index (χ3n) is 2.33. The van der Waals surface area contributed by atoms with Crippen LogP contribution in [0.25, 0.3) is 0 Å². The molecule has 0 radical (unpaired) electrons. The summed E-state index contributed by atoms with van der Waals surface area (Å²) in [6.07, 6.45) is 2.24. The third-order valence-corrected chi connectivity index (χ3v) is 2.55. The van der Waals surface area contributed by atoms with Gasteiger partial charge in [0.2, 0.25) is 5.89 Å². The molecule has 0 unspecified atom stereocenters. The van der Waals surface area contributed by atoms with Crippen LogP contribution in [0.5, 0.6) is 0 Å². The number of hydrogen-bond donors (Lipinski definition) is 1. The normalized spacial score (nSPS) is 10.5. The molecule has 0 fully saturated rings. The fourth-order valence-electron chi connectivity index (χ4n) is 1.53. The molecule has 0 amide bonds. The SMILES string of the molecule is CCCc1ccc(Nc2nnc(CCl)o2)cc1. The molecule has 17 heavy (non-hydrogen) atoms. The molecule has 0 saturated carbocycles. The van der Waals surface area contributed by atoms with Crippen molar-refractivity contribution in [2.75, 3.05) is 5.32 Å². The number of hydrogen-bond acceptors (Lipinski definition) is 4. The summed E-state index contributed by atoms with van der Waals surface area (Å²) in [5.74, 6) is 0.640. The number of alkyl halides is 1. The second-order valence-electron chi connectivity index (χ2n) is 3.71. The van der Waals surface area contributed by atoms with Crippen LogP contribution in [-0.2, 0) is 12.3 Å². The van der Waals surface area contributed by atoms with E-state index in [0.29, 0.717) is 11.9 Å². The van der Waals surface area contributed by atoms with Gasteiger partial charge >= 0.3 is 6.01 Å². The van der Waals surface area contributed by atoms with Gasteiger partial charge in [-0.15, -0.1) is 16.7 Å². The van der Waals surface area contributed by atoms with E-state index in [-0.39, 0.29) is 5.88 Å². The molecular weight excluding hydrogens is 238 g/mol. The van der Waals surface area contributed by atoms with E-state index in [9.17, 15) is 0 Å². The van der Waals surface area contributed by atoms with E-state index >= 15 is 0 Å². The summed E-state index contributed by atoms with van der Waals surface area (Å²) in [6.45, 7) is 2.16. The van der Waals surface area contributed by atoms with Crippen molar-refractivity contribution in [1.29, 1.82) is 0 Å². The van der Waals surface area contributed by atoms with Gasteiger partial charge in [0, 0.05) is 5.69 Å². The quantitative estimate of drug-likeness (QED) is 0.827. The zero-order valence-corrected chi connectivity index (χ0v) is 10.4. The molecule has 0 aliphatic heterocycles. The highest BCUT2D eigenvalue weighted by Gasteiger charge is 2.04. The van der Waals surface area contributed by atoms with Gasteiger partial charge in [-0.25, -0.2) is 0 Å². The summed E-state index contributed by atoms with van der Waals surface area (Å²) in [5.41, 5.74) is 2.25. The maximum atomic E-state index is 5.57. The van der Waals surface area contributed by atoms with Crippen molar-refractivity contribution in [1.82, 2.24) is 10.2 Å². The molecule has 4 nitrogen and oxygen atoms in total. The number of nitrogens with one attached hydrogen (secondary N) is 1. The molecule has 90 valence electrons. The Morgan fingerprint density at radius 2 is 2.00 bits per heavy atom. The van der Waals surface area contributed by atoms with Crippen molar-refractivity contribution in [3.8, 4) is 0 Å². The Kier molecular flexibility index (Phi) is 3.98. The maximum absolute atomic E-state index is 5.57. The van der Waals surface area contributed by atoms with Gasteiger partial charge in [-0.2, -0.15) is 0 Å². The third kappa shape index (κ3) is 3.20. The average Bonchev–Trinajstić information content (AvgIpc) is 2.80. The first-order valence-electron chi connectivity index (χ1n) is 5.56. The zero-order valence-electron chi connectivity index (χ0n) is 9.61. The predicted molar refractivity (Wildman–Crippen MR) is 67.6 cm³/mol. The van der Waals surface area contributed by atoms with E-state index in [2.05, 4.69) is 34.6 Å². The minimum atomic E-state index is 0.226. The van der Waals surface area contributed by atoms with Crippen LogP contribution in [0.15, 0.2) is 28.7 Å². The fraction of sp³-hybridized carbons (Fsp3) is 0.333. The molecule has 0 spiro atoms. The summed E-state index contributed by atoms with van der Waals surface area (Å²) >= 11 is 5.57. The van der Waals surface area contributed by atoms with Gasteiger partial charge in [-0.3, -0.25) is 0 Å². The highest BCUT2D eigenvalue weighted by Crippen LogP contribution is 2.17. The van der Waals surface area contributed by atoms with Crippen molar-refractivity contribution in [3.63, 3.8) is 0 Å². The maximum Gasteiger partial charge on any atom is 0.320 e. The van der Waals surface area contributed by atoms with Gasteiger partial charge in [0.15, 0.2) is 0 Å². The van der Waals surface area contributed by atoms with Crippen molar-refractivity contribution in [2.24, 2.45) is 0 Å². The largest absolute Gasteiger partial charge is 0.407 e. The molecule has 1 aromatic carbocycles. The lowest BCUT2D eigenvalue weighted by atomic mass is 10.1. The number of rotatable bonds is 5. The van der Waals surface area contributed by atoms with Crippen molar-refractivity contribution < 1.29 is 4.42 Å².